The van der Waals surface area contributed by atoms with Gasteiger partial charge in [-0.25, -0.2) is 4.52 Å². The number of hydrogen-bond donors (Lipinski definition) is 3. The number of hydrogen-bond acceptors (Lipinski definition) is 6. The van der Waals surface area contributed by atoms with E-state index in [2.05, 4.69) is 22.4 Å². The average molecular weight is 466 g/mol. The molecule has 2 amide bonds. The first-order valence-corrected chi connectivity index (χ1v) is 11.6. The predicted octanol–water partition coefficient (Wildman–Crippen LogP) is 1.50. The molecular weight excluding hydrogens is 434 g/mol. The van der Waals surface area contributed by atoms with Crippen LogP contribution >= 0.6 is 0 Å². The van der Waals surface area contributed by atoms with Gasteiger partial charge in [0.25, 0.3) is 11.8 Å². The van der Waals surface area contributed by atoms with E-state index in [1.54, 1.807) is 20.3 Å². The van der Waals surface area contributed by atoms with E-state index in [4.69, 9.17) is 5.73 Å². The van der Waals surface area contributed by atoms with Gasteiger partial charge < -0.3 is 21.1 Å². The molecule has 4 heterocycles. The van der Waals surface area contributed by atoms with Gasteiger partial charge in [-0.15, -0.1) is 0 Å². The van der Waals surface area contributed by atoms with Gasteiger partial charge in [-0.3, -0.25) is 14.3 Å². The standard InChI is InChI=1S/C24H31N7O3/c1-13-18-12-30(23(33)24(2,3)34)10-15(18)5-19(13)28-21-17(22(25)32)8-27-31-11-14(6-20(21)31)16-7-26-29(4)9-16/h6-9,11,13,15,18-19,28,34H,5,10,12H2,1-4H3,(H2,25,32)/t13-,15+,18-,19+/m0/s1. The lowest BCUT2D eigenvalue weighted by Gasteiger charge is -2.28. The van der Waals surface area contributed by atoms with Gasteiger partial charge in [-0.05, 0) is 44.1 Å². The van der Waals surface area contributed by atoms with Gasteiger partial charge in [0.05, 0.1) is 29.2 Å². The zero-order valence-electron chi connectivity index (χ0n) is 19.9. The quantitative estimate of drug-likeness (QED) is 0.523. The van der Waals surface area contributed by atoms with E-state index in [1.165, 1.54) is 20.0 Å². The van der Waals surface area contributed by atoms with Crippen molar-refractivity contribution in [1.82, 2.24) is 24.3 Å². The maximum atomic E-state index is 12.6. The zero-order chi connectivity index (χ0) is 24.4. The van der Waals surface area contributed by atoms with Gasteiger partial charge in [0, 0.05) is 49.7 Å². The van der Waals surface area contributed by atoms with E-state index in [1.807, 2.05) is 25.5 Å². The molecule has 2 aliphatic rings. The second-order valence-electron chi connectivity index (χ2n) is 10.3. The Bertz CT molecular complexity index is 1270. The summed E-state index contributed by atoms with van der Waals surface area (Å²) in [4.78, 5) is 26.6. The van der Waals surface area contributed by atoms with Crippen molar-refractivity contribution >= 4 is 23.0 Å². The molecule has 1 saturated carbocycles. The molecule has 3 aromatic rings. The van der Waals surface area contributed by atoms with E-state index < -0.39 is 11.5 Å². The maximum absolute atomic E-state index is 12.6. The van der Waals surface area contributed by atoms with Crippen molar-refractivity contribution in [1.29, 1.82) is 0 Å². The highest BCUT2D eigenvalue weighted by Gasteiger charge is 2.48. The highest BCUT2D eigenvalue weighted by atomic mass is 16.3. The second-order valence-corrected chi connectivity index (χ2v) is 10.3. The predicted molar refractivity (Wildman–Crippen MR) is 127 cm³/mol. The molecule has 10 nitrogen and oxygen atoms in total. The summed E-state index contributed by atoms with van der Waals surface area (Å²) in [5.74, 6) is 0.185. The minimum Gasteiger partial charge on any atom is -0.381 e. The molecule has 0 spiro atoms. The summed E-state index contributed by atoms with van der Waals surface area (Å²) in [7, 11) is 1.87. The fourth-order valence-corrected chi connectivity index (χ4v) is 5.63. The molecule has 0 bridgehead atoms. The lowest BCUT2D eigenvalue weighted by molar-refractivity contribution is -0.147. The Morgan fingerprint density at radius 2 is 1.94 bits per heavy atom. The number of likely N-dealkylation sites (tertiary alicyclic amines) is 1. The first kappa shape index (κ1) is 22.4. The molecular formula is C24H31N7O3. The number of anilines is 1. The van der Waals surface area contributed by atoms with Crippen molar-refractivity contribution in [3.8, 4) is 11.1 Å². The molecule has 180 valence electrons. The third kappa shape index (κ3) is 3.71. The SMILES string of the molecule is C[C@H]1[C@@H]2CN(C(=O)C(C)(C)O)C[C@H]2C[C@H]1Nc1c(C(N)=O)cnn2cc(-c3cnn(C)c3)cc12. The summed E-state index contributed by atoms with van der Waals surface area (Å²) in [6.07, 6.45) is 8.00. The summed E-state index contributed by atoms with van der Waals surface area (Å²) in [6, 6.07) is 2.11. The van der Waals surface area contributed by atoms with Crippen LogP contribution in [0.5, 0.6) is 0 Å². The Labute approximate surface area is 197 Å². The molecule has 0 unspecified atom stereocenters. The number of fused-ring (bicyclic) bond motifs is 2. The molecule has 3 aromatic heterocycles. The normalized spacial score (nSPS) is 24.6. The van der Waals surface area contributed by atoms with Gasteiger partial charge in [0.15, 0.2) is 0 Å². The summed E-state index contributed by atoms with van der Waals surface area (Å²) in [5.41, 5.74) is 8.06. The van der Waals surface area contributed by atoms with Crippen molar-refractivity contribution in [3.63, 3.8) is 0 Å². The number of nitrogens with one attached hydrogen (secondary N) is 1. The average Bonchev–Trinajstić information content (AvgIpc) is 3.52. The number of carbonyl (C=O) groups excluding carboxylic acids is 2. The minimum atomic E-state index is -1.36. The lowest BCUT2D eigenvalue weighted by Crippen LogP contribution is -2.45. The maximum Gasteiger partial charge on any atom is 0.253 e. The summed E-state index contributed by atoms with van der Waals surface area (Å²) >= 11 is 0. The summed E-state index contributed by atoms with van der Waals surface area (Å²) < 4.78 is 3.49. The number of carbonyl (C=O) groups is 2. The molecule has 0 aromatic carbocycles. The van der Waals surface area contributed by atoms with Crippen molar-refractivity contribution in [3.05, 3.63) is 36.4 Å². The molecule has 0 radical (unpaired) electrons. The number of rotatable bonds is 5. The van der Waals surface area contributed by atoms with E-state index in [-0.39, 0.29) is 17.9 Å². The number of nitrogens with two attached hydrogens (primary N) is 1. The van der Waals surface area contributed by atoms with Gasteiger partial charge in [0.2, 0.25) is 0 Å². The fraction of sp³-hybridized carbons (Fsp3) is 0.500. The Kier molecular flexibility index (Phi) is 5.16. The molecule has 34 heavy (non-hydrogen) atoms. The fourth-order valence-electron chi connectivity index (χ4n) is 5.63. The number of nitrogens with zero attached hydrogens (tertiary/aromatic N) is 5. The number of aromatic nitrogens is 4. The molecule has 2 fully saturated rings. The van der Waals surface area contributed by atoms with Crippen LogP contribution in [0, 0.1) is 17.8 Å². The Hall–Kier alpha value is -3.40. The first-order chi connectivity index (χ1) is 16.0. The second kappa shape index (κ2) is 7.83. The van der Waals surface area contributed by atoms with Gasteiger partial charge in [-0.2, -0.15) is 10.2 Å². The van der Waals surface area contributed by atoms with Crippen LogP contribution in [0.3, 0.4) is 0 Å². The van der Waals surface area contributed by atoms with Crippen LogP contribution < -0.4 is 11.1 Å². The van der Waals surface area contributed by atoms with E-state index in [9.17, 15) is 14.7 Å². The number of aliphatic hydroxyl groups is 1. The first-order valence-electron chi connectivity index (χ1n) is 11.6. The third-order valence-corrected chi connectivity index (χ3v) is 7.44. The van der Waals surface area contributed by atoms with Crippen LogP contribution in [0.25, 0.3) is 16.6 Å². The van der Waals surface area contributed by atoms with Crippen LogP contribution in [0.2, 0.25) is 0 Å². The highest BCUT2D eigenvalue weighted by molar-refractivity contribution is 6.02. The third-order valence-electron chi connectivity index (χ3n) is 7.44. The summed E-state index contributed by atoms with van der Waals surface area (Å²) in [6.45, 7) is 6.53. The molecule has 1 aliphatic heterocycles. The Morgan fingerprint density at radius 3 is 2.56 bits per heavy atom. The van der Waals surface area contributed by atoms with E-state index >= 15 is 0 Å². The largest absolute Gasteiger partial charge is 0.381 e. The molecule has 10 heteroatoms. The molecule has 1 saturated heterocycles. The van der Waals surface area contributed by atoms with Crippen molar-refractivity contribution in [2.75, 3.05) is 18.4 Å². The van der Waals surface area contributed by atoms with Crippen LogP contribution in [0.15, 0.2) is 30.9 Å². The van der Waals surface area contributed by atoms with Crippen molar-refractivity contribution in [2.24, 2.45) is 30.5 Å². The number of aryl methyl sites for hydroxylation is 1. The van der Waals surface area contributed by atoms with E-state index in [0.29, 0.717) is 36.2 Å². The van der Waals surface area contributed by atoms with Gasteiger partial charge in [0.1, 0.15) is 5.60 Å². The monoisotopic (exact) mass is 465 g/mol. The van der Waals surface area contributed by atoms with Gasteiger partial charge in [-0.1, -0.05) is 6.92 Å². The highest BCUT2D eigenvalue weighted by Crippen LogP contribution is 2.44. The molecule has 4 atom stereocenters. The molecule has 5 rings (SSSR count). The smallest absolute Gasteiger partial charge is 0.253 e. The molecule has 4 N–H and O–H groups in total. The van der Waals surface area contributed by atoms with Crippen LogP contribution in [-0.4, -0.2) is 65.9 Å². The van der Waals surface area contributed by atoms with Gasteiger partial charge >= 0.3 is 0 Å². The van der Waals surface area contributed by atoms with Crippen molar-refractivity contribution in [2.45, 2.75) is 38.8 Å². The minimum absolute atomic E-state index is 0.121. The Morgan fingerprint density at radius 1 is 1.18 bits per heavy atom. The number of primary amides is 1. The van der Waals surface area contributed by atoms with Crippen LogP contribution in [0.4, 0.5) is 5.69 Å². The van der Waals surface area contributed by atoms with Crippen molar-refractivity contribution < 1.29 is 14.7 Å². The Balaban J connectivity index is 1.43. The number of amides is 2. The van der Waals surface area contributed by atoms with E-state index in [0.717, 1.165) is 23.1 Å². The van der Waals surface area contributed by atoms with Crippen LogP contribution in [0.1, 0.15) is 37.6 Å². The summed E-state index contributed by atoms with van der Waals surface area (Å²) in [5, 5.41) is 22.4. The lowest BCUT2D eigenvalue weighted by atomic mass is 9.93. The zero-order valence-corrected chi connectivity index (χ0v) is 19.9. The topological polar surface area (TPSA) is 131 Å². The molecule has 1 aliphatic carbocycles. The van der Waals surface area contributed by atoms with Crippen LogP contribution in [-0.2, 0) is 11.8 Å².